The third-order valence-corrected chi connectivity index (χ3v) is 29.2. The SMILES string of the molecule is CC1(C)Cc2cc3n(c2C1)CCN(c1nccc(Cl)c1C=O)C3=O.CC1(C)Cc2cc3n(c2C1)CCN(c1nccc(Cl)c1CO)C3=O.C[C@H]1CN(C2COC2)CCN1c1ccc(Nc2cc(-c3ccnc(N4CCn5c(cc6c5CC(C)(C)C6)C4)c3CO)cn(C)c2=O)nc1.C[C@H]1CN(C2COC2)CCN1c1ccc(Nc2cc(B3OC(C)(C)C(C)(C)O3)cn(C)c2=O)nc1. The lowest BCUT2D eigenvalue weighted by Crippen LogP contribution is -2.59. The molecule has 5 saturated heterocycles. The zero-order chi connectivity index (χ0) is 92.2. The van der Waals surface area contributed by atoms with E-state index in [9.17, 15) is 34.2 Å². The zero-order valence-electron chi connectivity index (χ0n) is 77.5. The first-order chi connectivity index (χ1) is 62.5. The van der Waals surface area contributed by atoms with Crippen LogP contribution in [-0.4, -0.2) is 214 Å². The molecule has 131 heavy (non-hydrogen) atoms. The summed E-state index contributed by atoms with van der Waals surface area (Å²) in [5.41, 5.74) is 17.5. The number of aromatic nitrogens is 10. The van der Waals surface area contributed by atoms with E-state index in [-0.39, 0.29) is 52.5 Å². The molecular weight excluding hydrogens is 1700 g/mol. The van der Waals surface area contributed by atoms with Gasteiger partial charge in [0.25, 0.3) is 22.9 Å². The third-order valence-electron chi connectivity index (χ3n) is 28.6. The fourth-order valence-corrected chi connectivity index (χ4v) is 21.3. The number of fused-ring (bicyclic) bond motifs is 9. The molecule has 21 rings (SSSR count). The number of carbonyl (C=O) groups is 3. The van der Waals surface area contributed by atoms with Gasteiger partial charge < -0.3 is 77.2 Å². The average Bonchev–Trinajstić information content (AvgIpc) is 1.60. The first-order valence-corrected chi connectivity index (χ1v) is 46.6. The number of aliphatic hydroxyl groups excluding tert-OH is 2. The number of nitrogens with zero attached hydrogens (tertiary/aromatic N) is 17. The lowest BCUT2D eigenvalue weighted by Gasteiger charge is -2.46. The number of nitrogens with one attached hydrogen (secondary N) is 2. The third kappa shape index (κ3) is 17.9. The fraction of sp³-hybridized carbons (Fsp3) is 0.490. The van der Waals surface area contributed by atoms with E-state index in [1.165, 1.54) is 45.7 Å². The van der Waals surface area contributed by atoms with Crippen LogP contribution < -0.4 is 51.7 Å². The van der Waals surface area contributed by atoms with Crippen molar-refractivity contribution in [3.05, 3.63) is 214 Å². The van der Waals surface area contributed by atoms with Gasteiger partial charge in [0.15, 0.2) is 6.29 Å². The molecule has 0 saturated carbocycles. The Morgan fingerprint density at radius 3 is 1.46 bits per heavy atom. The number of aliphatic hydroxyl groups is 2. The maximum absolute atomic E-state index is 13.3. The molecule has 2 atom stereocenters. The van der Waals surface area contributed by atoms with Gasteiger partial charge in [-0.15, -0.1) is 0 Å². The largest absolute Gasteiger partial charge is 0.496 e. The van der Waals surface area contributed by atoms with Gasteiger partial charge in [0.1, 0.15) is 51.9 Å². The van der Waals surface area contributed by atoms with Crippen LogP contribution in [0, 0.1) is 16.2 Å². The minimum absolute atomic E-state index is 0.0714. The second-order valence-electron chi connectivity index (χ2n) is 40.4. The van der Waals surface area contributed by atoms with E-state index in [1.807, 2.05) is 82.7 Å². The van der Waals surface area contributed by atoms with Crippen molar-refractivity contribution in [2.24, 2.45) is 30.3 Å². The van der Waals surface area contributed by atoms with Crippen molar-refractivity contribution >= 4 is 106 Å². The smallest absolute Gasteiger partial charge is 0.399 e. The van der Waals surface area contributed by atoms with Crippen LogP contribution in [0.2, 0.25) is 10.0 Å². The predicted molar refractivity (Wildman–Crippen MR) is 510 cm³/mol. The van der Waals surface area contributed by atoms with Crippen molar-refractivity contribution in [2.75, 3.05) is 120 Å². The Balaban J connectivity index is 0.000000123. The minimum atomic E-state index is -0.547. The molecule has 0 radical (unpaired) electrons. The van der Waals surface area contributed by atoms with E-state index in [0.29, 0.717) is 117 Å². The van der Waals surface area contributed by atoms with Gasteiger partial charge in [-0.1, -0.05) is 64.7 Å². The summed E-state index contributed by atoms with van der Waals surface area (Å²) in [6, 6.07) is 25.1. The maximum atomic E-state index is 13.3. The molecular formula is C98H120BCl2N19O11. The van der Waals surface area contributed by atoms with Crippen molar-refractivity contribution in [3.8, 4) is 11.1 Å². The zero-order valence-corrected chi connectivity index (χ0v) is 79.1. The van der Waals surface area contributed by atoms with Crippen molar-refractivity contribution < 1.29 is 43.4 Å². The Bertz CT molecular complexity index is 6160. The number of piperazine rings is 2. The summed E-state index contributed by atoms with van der Waals surface area (Å²) in [6.07, 6.45) is 19.1. The molecule has 18 heterocycles. The van der Waals surface area contributed by atoms with E-state index in [4.69, 9.17) is 52.0 Å². The van der Waals surface area contributed by atoms with E-state index in [1.54, 1.807) is 69.8 Å². The molecule has 0 bridgehead atoms. The van der Waals surface area contributed by atoms with E-state index in [0.717, 1.165) is 170 Å². The standard InChI is InChI=1S/C37H46N8O3.C25H36BN5O4.C18H20ClN3O2.C18H18ClN3O2/c1-24-18-42(29-22-48-23-29)9-11-44(24)27-5-6-34(39-17-27)40-32-14-26(19-41(4)36(32)47)30-7-8-38-35(31(30)21-46)43-10-12-45-28(20-43)13-25-15-37(2,3)16-33(25)45;1-17-13-30(20-15-33-16-20)9-10-31(17)19-7-8-22(27-12-19)28-21-11-18(14-29(6)23(21)32)26-34-24(2,3)25(4,5)35-26;2*1-18(2)8-11-7-14-17(24)22(6-5-21(14)15(11)9-18)16-12(10-23)13(19)3-4-20-16/h5-8,13-14,17,19,24,29,46H,9-12,15-16,18,20-23H2,1-4H3,(H,39,40);7-8,11-12,14,17,20H,9-10,13,15-16H2,1-6H3,(H,27,28);3-4,7,23H,5-6,8-10H2,1-2H3;3-4,7,10H,5-6,8-9H2,1-2H3/t24-;17-;;/m00../s1. The lowest BCUT2D eigenvalue weighted by atomic mass is 9.80. The number of aldehydes is 1. The van der Waals surface area contributed by atoms with Gasteiger partial charge in [-0.05, 0) is 191 Å². The van der Waals surface area contributed by atoms with Crippen LogP contribution in [0.3, 0.4) is 0 Å². The lowest BCUT2D eigenvalue weighted by molar-refractivity contribution is -0.0691. The van der Waals surface area contributed by atoms with Crippen LogP contribution in [0.4, 0.5) is 51.8 Å². The van der Waals surface area contributed by atoms with Crippen LogP contribution in [-0.2, 0) is 111 Å². The summed E-state index contributed by atoms with van der Waals surface area (Å²) < 4.78 is 33.0. The molecule has 11 aliphatic rings. The van der Waals surface area contributed by atoms with Crippen molar-refractivity contribution in [3.63, 3.8) is 0 Å². The highest BCUT2D eigenvalue weighted by atomic mass is 35.5. The molecule has 2 amide bonds. The number of pyridine rings is 7. The molecule has 0 unspecified atom stereocenters. The van der Waals surface area contributed by atoms with E-state index in [2.05, 4.69) is 137 Å². The van der Waals surface area contributed by atoms with Gasteiger partial charge >= 0.3 is 7.12 Å². The second-order valence-corrected chi connectivity index (χ2v) is 41.2. The number of aryl methyl sites for hydroxylation is 2. The molecule has 4 N–H and O–H groups in total. The number of amides is 2. The van der Waals surface area contributed by atoms with Crippen molar-refractivity contribution in [1.82, 2.24) is 57.6 Å². The van der Waals surface area contributed by atoms with Crippen molar-refractivity contribution in [2.45, 2.75) is 196 Å². The van der Waals surface area contributed by atoms with E-state index < -0.39 is 18.3 Å². The van der Waals surface area contributed by atoms with Gasteiger partial charge in [0.05, 0.1) is 109 Å². The monoisotopic (exact) mass is 1820 g/mol. The number of carbonyl (C=O) groups excluding carboxylic acids is 3. The number of ether oxygens (including phenoxy) is 2. The van der Waals surface area contributed by atoms with Crippen molar-refractivity contribution in [1.29, 1.82) is 0 Å². The predicted octanol–water partition coefficient (Wildman–Crippen LogP) is 11.6. The topological polar surface area (TPSA) is 299 Å². The van der Waals surface area contributed by atoms with Gasteiger partial charge in [-0.25, -0.2) is 24.9 Å². The fourth-order valence-electron chi connectivity index (χ4n) is 20.9. The summed E-state index contributed by atoms with van der Waals surface area (Å²) >= 11 is 12.2. The molecule has 690 valence electrons. The molecule has 10 aromatic heterocycles. The van der Waals surface area contributed by atoms with Gasteiger partial charge in [0.2, 0.25) is 0 Å². The first-order valence-electron chi connectivity index (χ1n) is 45.9. The molecule has 5 fully saturated rings. The summed E-state index contributed by atoms with van der Waals surface area (Å²) in [5, 5.41) is 27.5. The average molecular weight is 1820 g/mol. The Kier molecular flexibility index (Phi) is 24.8. The maximum Gasteiger partial charge on any atom is 0.496 e. The molecule has 0 spiro atoms. The molecule has 10 aromatic rings. The molecule has 30 nitrogen and oxygen atoms in total. The minimum Gasteiger partial charge on any atom is -0.399 e. The highest BCUT2D eigenvalue weighted by molar-refractivity contribution is 6.62. The highest BCUT2D eigenvalue weighted by Crippen LogP contribution is 2.45. The number of anilines is 9. The summed E-state index contributed by atoms with van der Waals surface area (Å²) in [5.74, 6) is 2.63. The van der Waals surface area contributed by atoms with Crippen LogP contribution in [0.1, 0.15) is 165 Å². The molecule has 3 aliphatic carbocycles. The Morgan fingerprint density at radius 1 is 0.504 bits per heavy atom. The summed E-state index contributed by atoms with van der Waals surface area (Å²) in [4.78, 5) is 101. The van der Waals surface area contributed by atoms with E-state index >= 15 is 0 Å². The van der Waals surface area contributed by atoms with Crippen LogP contribution in [0.15, 0.2) is 126 Å². The number of rotatable bonds is 16. The number of hydrogen-bond acceptors (Lipinski definition) is 23. The first kappa shape index (κ1) is 90.9. The van der Waals surface area contributed by atoms with Gasteiger partial charge in [0, 0.05) is 181 Å². The summed E-state index contributed by atoms with van der Waals surface area (Å²) in [6.45, 7) is 40.2. The Morgan fingerprint density at radius 2 is 0.969 bits per heavy atom. The Labute approximate surface area is 774 Å². The normalized spacial score (nSPS) is 21.0. The highest BCUT2D eigenvalue weighted by Gasteiger charge is 2.52. The summed E-state index contributed by atoms with van der Waals surface area (Å²) in [7, 11) is 2.94. The molecule has 8 aliphatic heterocycles. The van der Waals surface area contributed by atoms with Gasteiger partial charge in [-0.3, -0.25) is 43.6 Å². The molecule has 33 heteroatoms. The number of halogens is 2. The van der Waals surface area contributed by atoms with Gasteiger partial charge in [-0.2, -0.15) is 0 Å². The Hall–Kier alpha value is -10.6. The second kappa shape index (κ2) is 35.8. The van der Waals surface area contributed by atoms with Crippen LogP contribution in [0.25, 0.3) is 11.1 Å². The van der Waals surface area contributed by atoms with Crippen LogP contribution >= 0.6 is 23.2 Å². The number of hydrogen-bond donors (Lipinski definition) is 4. The molecule has 0 aromatic carbocycles. The van der Waals surface area contributed by atoms with Crippen LogP contribution in [0.5, 0.6) is 0 Å². The quantitative estimate of drug-likeness (QED) is 0.0516.